The first kappa shape index (κ1) is 18.8. The van der Waals surface area contributed by atoms with E-state index in [9.17, 15) is 14.7 Å². The number of amides is 1. The first-order chi connectivity index (χ1) is 11.3. The normalized spacial score (nSPS) is 24.9. The molecule has 2 rings (SSSR count). The molecule has 0 bridgehead atoms. The van der Waals surface area contributed by atoms with E-state index in [1.54, 1.807) is 11.8 Å². The molecule has 1 saturated carbocycles. The molecule has 0 heterocycles. The van der Waals surface area contributed by atoms with Gasteiger partial charge in [-0.3, -0.25) is 4.79 Å². The first-order valence-corrected chi connectivity index (χ1v) is 9.16. The summed E-state index contributed by atoms with van der Waals surface area (Å²) < 4.78 is 5.60. The summed E-state index contributed by atoms with van der Waals surface area (Å²) in [5.74, 6) is -0.614. The average Bonchev–Trinajstić information content (AvgIpc) is 2.54. The Kier molecular flexibility index (Phi) is 5.93. The summed E-state index contributed by atoms with van der Waals surface area (Å²) in [6.45, 7) is 6.09. The molecular weight excluding hydrogens is 326 g/mol. The zero-order chi connectivity index (χ0) is 17.8. The van der Waals surface area contributed by atoms with Gasteiger partial charge >= 0.3 is 5.97 Å². The lowest BCUT2D eigenvalue weighted by Crippen LogP contribution is -2.76. The summed E-state index contributed by atoms with van der Waals surface area (Å²) in [5, 5.41) is 12.4. The lowest BCUT2D eigenvalue weighted by atomic mass is 9.54. The Morgan fingerprint density at radius 2 is 2.00 bits per heavy atom. The SMILES string of the molecule is CCOC1CC(NC(=O)CCSc2ccccc2)(C(=O)O)C1(C)C. The highest BCUT2D eigenvalue weighted by atomic mass is 32.2. The fourth-order valence-corrected chi connectivity index (χ4v) is 3.99. The Labute approximate surface area is 147 Å². The largest absolute Gasteiger partial charge is 0.479 e. The van der Waals surface area contributed by atoms with Gasteiger partial charge in [0.1, 0.15) is 5.54 Å². The van der Waals surface area contributed by atoms with Crippen LogP contribution in [-0.2, 0) is 14.3 Å². The minimum atomic E-state index is -1.25. The molecule has 0 aromatic heterocycles. The summed E-state index contributed by atoms with van der Waals surface area (Å²) in [6, 6.07) is 9.83. The summed E-state index contributed by atoms with van der Waals surface area (Å²) in [7, 11) is 0. The molecule has 2 unspecified atom stereocenters. The molecule has 132 valence electrons. The van der Waals surface area contributed by atoms with Gasteiger partial charge in [-0.2, -0.15) is 0 Å². The molecular formula is C18H25NO4S. The third-order valence-corrected chi connectivity index (χ3v) is 5.84. The number of thioether (sulfide) groups is 1. The van der Waals surface area contributed by atoms with E-state index in [2.05, 4.69) is 5.32 Å². The van der Waals surface area contributed by atoms with Crippen molar-refractivity contribution in [1.29, 1.82) is 0 Å². The maximum Gasteiger partial charge on any atom is 0.330 e. The first-order valence-electron chi connectivity index (χ1n) is 8.17. The number of carbonyl (C=O) groups excluding carboxylic acids is 1. The molecule has 1 aliphatic carbocycles. The van der Waals surface area contributed by atoms with Crippen molar-refractivity contribution in [1.82, 2.24) is 5.32 Å². The number of benzene rings is 1. The lowest BCUT2D eigenvalue weighted by molar-refractivity contribution is -0.194. The van der Waals surface area contributed by atoms with Crippen molar-refractivity contribution in [3.8, 4) is 0 Å². The fraction of sp³-hybridized carbons (Fsp3) is 0.556. The van der Waals surface area contributed by atoms with Crippen molar-refractivity contribution in [2.75, 3.05) is 12.4 Å². The Balaban J connectivity index is 1.92. The van der Waals surface area contributed by atoms with E-state index in [1.165, 1.54) is 0 Å². The van der Waals surface area contributed by atoms with Crippen molar-refractivity contribution in [3.63, 3.8) is 0 Å². The zero-order valence-electron chi connectivity index (χ0n) is 14.4. The maximum absolute atomic E-state index is 12.3. The average molecular weight is 351 g/mol. The fourth-order valence-electron chi connectivity index (χ4n) is 3.12. The van der Waals surface area contributed by atoms with Gasteiger partial charge in [0.2, 0.25) is 5.91 Å². The standard InChI is InChI=1S/C18H25NO4S/c1-4-23-14-12-18(16(21)22,17(14,2)3)19-15(20)10-11-24-13-8-6-5-7-9-13/h5-9,14H,4,10-12H2,1-3H3,(H,19,20)(H,21,22). The maximum atomic E-state index is 12.3. The van der Waals surface area contributed by atoms with Crippen LogP contribution < -0.4 is 5.32 Å². The van der Waals surface area contributed by atoms with Crippen LogP contribution in [0.2, 0.25) is 0 Å². The number of nitrogens with one attached hydrogen (secondary N) is 1. The number of carbonyl (C=O) groups is 2. The van der Waals surface area contributed by atoms with Crippen LogP contribution in [0, 0.1) is 5.41 Å². The van der Waals surface area contributed by atoms with Gasteiger partial charge in [0, 0.05) is 35.5 Å². The van der Waals surface area contributed by atoms with Gasteiger partial charge in [-0.25, -0.2) is 4.79 Å². The van der Waals surface area contributed by atoms with E-state index in [0.29, 0.717) is 18.8 Å². The molecule has 0 aliphatic heterocycles. The number of carboxylic acids is 1. The van der Waals surface area contributed by atoms with Crippen molar-refractivity contribution >= 4 is 23.6 Å². The van der Waals surface area contributed by atoms with Crippen molar-refractivity contribution in [3.05, 3.63) is 30.3 Å². The molecule has 1 aromatic carbocycles. The molecule has 24 heavy (non-hydrogen) atoms. The highest BCUT2D eigenvalue weighted by Crippen LogP contribution is 2.51. The van der Waals surface area contributed by atoms with E-state index in [0.717, 1.165) is 4.90 Å². The number of hydrogen-bond donors (Lipinski definition) is 2. The second kappa shape index (κ2) is 7.57. The van der Waals surface area contributed by atoms with Gasteiger partial charge in [-0.1, -0.05) is 32.0 Å². The summed E-state index contributed by atoms with van der Waals surface area (Å²) in [5.41, 5.74) is -1.89. The summed E-state index contributed by atoms with van der Waals surface area (Å²) in [4.78, 5) is 25.2. The van der Waals surface area contributed by atoms with Crippen molar-refractivity contribution in [2.24, 2.45) is 5.41 Å². The van der Waals surface area contributed by atoms with Crippen LogP contribution >= 0.6 is 11.8 Å². The Bertz CT molecular complexity index is 590. The molecule has 2 atom stereocenters. The van der Waals surface area contributed by atoms with Gasteiger partial charge in [-0.05, 0) is 19.1 Å². The van der Waals surface area contributed by atoms with E-state index in [-0.39, 0.29) is 18.4 Å². The topological polar surface area (TPSA) is 75.6 Å². The second-order valence-corrected chi connectivity index (χ2v) is 7.71. The van der Waals surface area contributed by atoms with Crippen LogP contribution in [0.4, 0.5) is 0 Å². The molecule has 0 saturated heterocycles. The predicted octanol–water partition coefficient (Wildman–Crippen LogP) is 2.94. The van der Waals surface area contributed by atoms with Crippen LogP contribution in [0.1, 0.15) is 33.6 Å². The van der Waals surface area contributed by atoms with Crippen molar-refractivity contribution < 1.29 is 19.4 Å². The van der Waals surface area contributed by atoms with Crippen LogP contribution in [0.15, 0.2) is 35.2 Å². The van der Waals surface area contributed by atoms with Gasteiger partial charge < -0.3 is 15.2 Å². The monoisotopic (exact) mass is 351 g/mol. The minimum absolute atomic E-state index is 0.155. The number of ether oxygens (including phenoxy) is 1. The molecule has 0 radical (unpaired) electrons. The highest BCUT2D eigenvalue weighted by molar-refractivity contribution is 7.99. The van der Waals surface area contributed by atoms with E-state index >= 15 is 0 Å². The lowest BCUT2D eigenvalue weighted by Gasteiger charge is -2.58. The van der Waals surface area contributed by atoms with Crippen LogP contribution in [0.3, 0.4) is 0 Å². The van der Waals surface area contributed by atoms with E-state index in [1.807, 2.05) is 51.1 Å². The third-order valence-electron chi connectivity index (χ3n) is 4.82. The Hall–Kier alpha value is -1.53. The van der Waals surface area contributed by atoms with Gasteiger partial charge in [0.25, 0.3) is 0 Å². The Morgan fingerprint density at radius 1 is 1.33 bits per heavy atom. The molecule has 1 fully saturated rings. The van der Waals surface area contributed by atoms with Gasteiger partial charge in [0.05, 0.1) is 6.10 Å². The molecule has 6 heteroatoms. The molecule has 1 aromatic rings. The van der Waals surface area contributed by atoms with E-state index in [4.69, 9.17) is 4.74 Å². The number of carboxylic acid groups (broad SMARTS) is 1. The second-order valence-electron chi connectivity index (χ2n) is 6.54. The quantitative estimate of drug-likeness (QED) is 0.704. The van der Waals surface area contributed by atoms with Gasteiger partial charge in [0.15, 0.2) is 0 Å². The molecule has 2 N–H and O–H groups in total. The summed E-state index contributed by atoms with van der Waals surface area (Å²) in [6.07, 6.45) is 0.433. The third kappa shape index (κ3) is 3.59. The van der Waals surface area contributed by atoms with Gasteiger partial charge in [-0.15, -0.1) is 11.8 Å². The van der Waals surface area contributed by atoms with Crippen LogP contribution in [0.5, 0.6) is 0 Å². The molecule has 1 aliphatic rings. The Morgan fingerprint density at radius 3 is 2.54 bits per heavy atom. The molecule has 0 spiro atoms. The zero-order valence-corrected chi connectivity index (χ0v) is 15.2. The number of hydrogen-bond acceptors (Lipinski definition) is 4. The van der Waals surface area contributed by atoms with Crippen LogP contribution in [0.25, 0.3) is 0 Å². The summed E-state index contributed by atoms with van der Waals surface area (Å²) >= 11 is 1.58. The van der Waals surface area contributed by atoms with Crippen LogP contribution in [-0.4, -0.2) is 41.0 Å². The van der Waals surface area contributed by atoms with E-state index < -0.39 is 16.9 Å². The smallest absolute Gasteiger partial charge is 0.330 e. The molecule has 5 nitrogen and oxygen atoms in total. The van der Waals surface area contributed by atoms with Crippen molar-refractivity contribution in [2.45, 2.75) is 50.2 Å². The number of aliphatic carboxylic acids is 1. The minimum Gasteiger partial charge on any atom is -0.479 e. The predicted molar refractivity (Wildman–Crippen MR) is 94.1 cm³/mol. The highest BCUT2D eigenvalue weighted by Gasteiger charge is 2.66. The molecule has 1 amide bonds. The number of rotatable bonds is 8.